The van der Waals surface area contributed by atoms with Crippen LogP contribution in [0.25, 0.3) is 11.3 Å². The molecule has 0 bridgehead atoms. The molecule has 4 nitrogen and oxygen atoms in total. The van der Waals surface area contributed by atoms with Crippen molar-refractivity contribution in [1.82, 2.24) is 20.5 Å². The summed E-state index contributed by atoms with van der Waals surface area (Å²) in [5.41, 5.74) is 4.50. The SMILES string of the molecule is Cc1nc(CNCc2cn[nH]c2-c2ccccc2)cs1. The predicted molar refractivity (Wildman–Crippen MR) is 81.4 cm³/mol. The van der Waals surface area contributed by atoms with Gasteiger partial charge in [-0.1, -0.05) is 30.3 Å². The number of aromatic amines is 1. The smallest absolute Gasteiger partial charge is 0.0897 e. The lowest BCUT2D eigenvalue weighted by Crippen LogP contribution is -2.13. The molecule has 2 heterocycles. The first-order valence-electron chi connectivity index (χ1n) is 6.52. The Morgan fingerprint density at radius 3 is 2.80 bits per heavy atom. The van der Waals surface area contributed by atoms with Crippen LogP contribution in [0.5, 0.6) is 0 Å². The maximum absolute atomic E-state index is 4.44. The molecule has 3 rings (SSSR count). The molecule has 5 heteroatoms. The highest BCUT2D eigenvalue weighted by atomic mass is 32.1. The van der Waals surface area contributed by atoms with Gasteiger partial charge in [-0.3, -0.25) is 5.10 Å². The van der Waals surface area contributed by atoms with E-state index in [9.17, 15) is 0 Å². The first-order valence-corrected chi connectivity index (χ1v) is 7.40. The third-order valence-electron chi connectivity index (χ3n) is 3.07. The summed E-state index contributed by atoms with van der Waals surface area (Å²) in [5.74, 6) is 0. The Labute approximate surface area is 121 Å². The Morgan fingerprint density at radius 1 is 1.20 bits per heavy atom. The molecule has 0 saturated heterocycles. The Kier molecular flexibility index (Phi) is 3.90. The van der Waals surface area contributed by atoms with Crippen LogP contribution < -0.4 is 5.32 Å². The zero-order valence-electron chi connectivity index (χ0n) is 11.3. The highest BCUT2D eigenvalue weighted by Gasteiger charge is 2.07. The molecule has 0 aliphatic rings. The van der Waals surface area contributed by atoms with Gasteiger partial charge in [0.05, 0.1) is 22.6 Å². The fourth-order valence-corrected chi connectivity index (χ4v) is 2.73. The molecule has 0 aliphatic heterocycles. The molecule has 2 aromatic heterocycles. The summed E-state index contributed by atoms with van der Waals surface area (Å²) in [6.07, 6.45) is 1.88. The van der Waals surface area contributed by atoms with E-state index in [1.54, 1.807) is 11.3 Å². The molecule has 0 aliphatic carbocycles. The molecule has 0 atom stereocenters. The van der Waals surface area contributed by atoms with E-state index >= 15 is 0 Å². The predicted octanol–water partition coefficient (Wildman–Crippen LogP) is 3.13. The van der Waals surface area contributed by atoms with Gasteiger partial charge in [0.15, 0.2) is 0 Å². The van der Waals surface area contributed by atoms with Crippen molar-refractivity contribution in [3.63, 3.8) is 0 Å². The number of aromatic nitrogens is 3. The maximum atomic E-state index is 4.44. The number of benzene rings is 1. The van der Waals surface area contributed by atoms with Crippen LogP contribution in [0, 0.1) is 6.92 Å². The topological polar surface area (TPSA) is 53.6 Å². The molecule has 3 aromatic rings. The van der Waals surface area contributed by atoms with Crippen molar-refractivity contribution in [2.75, 3.05) is 0 Å². The van der Waals surface area contributed by atoms with E-state index in [0.29, 0.717) is 0 Å². The fraction of sp³-hybridized carbons (Fsp3) is 0.200. The third-order valence-corrected chi connectivity index (χ3v) is 3.89. The molecular formula is C15H16N4S. The summed E-state index contributed by atoms with van der Waals surface area (Å²) in [5, 5.41) is 13.8. The quantitative estimate of drug-likeness (QED) is 0.757. The van der Waals surface area contributed by atoms with Crippen LogP contribution in [0.4, 0.5) is 0 Å². The normalized spacial score (nSPS) is 10.8. The zero-order chi connectivity index (χ0) is 13.8. The van der Waals surface area contributed by atoms with Crippen LogP contribution in [-0.4, -0.2) is 15.2 Å². The van der Waals surface area contributed by atoms with Gasteiger partial charge in [0.2, 0.25) is 0 Å². The van der Waals surface area contributed by atoms with E-state index in [1.807, 2.05) is 31.3 Å². The van der Waals surface area contributed by atoms with Crippen LogP contribution in [-0.2, 0) is 13.1 Å². The lowest BCUT2D eigenvalue weighted by Gasteiger charge is -2.04. The lowest BCUT2D eigenvalue weighted by atomic mass is 10.1. The maximum Gasteiger partial charge on any atom is 0.0897 e. The van der Waals surface area contributed by atoms with Crippen molar-refractivity contribution < 1.29 is 0 Å². The highest BCUT2D eigenvalue weighted by molar-refractivity contribution is 7.09. The molecule has 20 heavy (non-hydrogen) atoms. The van der Waals surface area contributed by atoms with Crippen LogP contribution >= 0.6 is 11.3 Å². The number of nitrogens with zero attached hydrogens (tertiary/aromatic N) is 2. The number of aryl methyl sites for hydroxylation is 1. The van der Waals surface area contributed by atoms with E-state index < -0.39 is 0 Å². The third kappa shape index (κ3) is 2.95. The Balaban J connectivity index is 1.65. The molecule has 0 spiro atoms. The van der Waals surface area contributed by atoms with Crippen LogP contribution in [0.1, 0.15) is 16.3 Å². The van der Waals surface area contributed by atoms with Gasteiger partial charge in [-0.25, -0.2) is 4.98 Å². The number of hydrogen-bond donors (Lipinski definition) is 2. The molecule has 0 fully saturated rings. The Morgan fingerprint density at radius 2 is 2.05 bits per heavy atom. The number of thiazole rings is 1. The van der Waals surface area contributed by atoms with Gasteiger partial charge in [-0.15, -0.1) is 11.3 Å². The lowest BCUT2D eigenvalue weighted by molar-refractivity contribution is 0.683. The van der Waals surface area contributed by atoms with Gasteiger partial charge >= 0.3 is 0 Å². The van der Waals surface area contributed by atoms with E-state index in [-0.39, 0.29) is 0 Å². The fourth-order valence-electron chi connectivity index (χ4n) is 2.11. The van der Waals surface area contributed by atoms with Crippen LogP contribution in [0.3, 0.4) is 0 Å². The molecule has 0 unspecified atom stereocenters. The van der Waals surface area contributed by atoms with Crippen LogP contribution in [0.2, 0.25) is 0 Å². The first-order chi connectivity index (χ1) is 9.83. The monoisotopic (exact) mass is 284 g/mol. The molecular weight excluding hydrogens is 268 g/mol. The van der Waals surface area contributed by atoms with Crippen molar-refractivity contribution in [1.29, 1.82) is 0 Å². The van der Waals surface area contributed by atoms with Crippen molar-refractivity contribution in [2.24, 2.45) is 0 Å². The van der Waals surface area contributed by atoms with Gasteiger partial charge in [-0.05, 0) is 12.5 Å². The van der Waals surface area contributed by atoms with Crippen molar-refractivity contribution in [3.05, 3.63) is 58.2 Å². The van der Waals surface area contributed by atoms with Crippen LogP contribution in [0.15, 0.2) is 41.9 Å². The molecule has 2 N–H and O–H groups in total. The first kappa shape index (κ1) is 13.0. The van der Waals surface area contributed by atoms with Gasteiger partial charge < -0.3 is 5.32 Å². The Bertz CT molecular complexity index is 672. The number of hydrogen-bond acceptors (Lipinski definition) is 4. The minimum Gasteiger partial charge on any atom is -0.307 e. The van der Waals surface area contributed by atoms with E-state index in [2.05, 4.69) is 38.0 Å². The number of rotatable bonds is 5. The number of nitrogens with one attached hydrogen (secondary N) is 2. The molecule has 1 aromatic carbocycles. The summed E-state index contributed by atoms with van der Waals surface area (Å²) in [6, 6.07) is 10.3. The molecule has 0 radical (unpaired) electrons. The second kappa shape index (κ2) is 5.98. The van der Waals surface area contributed by atoms with Crippen molar-refractivity contribution >= 4 is 11.3 Å². The van der Waals surface area contributed by atoms with Gasteiger partial charge in [-0.2, -0.15) is 5.10 Å². The average molecular weight is 284 g/mol. The largest absolute Gasteiger partial charge is 0.307 e. The zero-order valence-corrected chi connectivity index (χ0v) is 12.1. The summed E-state index contributed by atoms with van der Waals surface area (Å²) in [4.78, 5) is 4.44. The second-order valence-corrected chi connectivity index (χ2v) is 5.66. The summed E-state index contributed by atoms with van der Waals surface area (Å²) >= 11 is 1.68. The van der Waals surface area contributed by atoms with E-state index in [1.165, 1.54) is 5.56 Å². The average Bonchev–Trinajstić information content (AvgIpc) is 3.09. The van der Waals surface area contributed by atoms with Gasteiger partial charge in [0.25, 0.3) is 0 Å². The summed E-state index contributed by atoms with van der Waals surface area (Å²) in [7, 11) is 0. The minimum absolute atomic E-state index is 0.775. The standard InChI is InChI=1S/C15H16N4S/c1-11-18-14(10-20-11)9-16-7-13-8-17-19-15(13)12-5-3-2-4-6-12/h2-6,8,10,16H,7,9H2,1H3,(H,17,19). The summed E-state index contributed by atoms with van der Waals surface area (Å²) in [6.45, 7) is 3.58. The van der Waals surface area contributed by atoms with Crippen molar-refractivity contribution in [2.45, 2.75) is 20.0 Å². The van der Waals surface area contributed by atoms with E-state index in [0.717, 1.165) is 35.0 Å². The molecule has 0 amide bonds. The van der Waals surface area contributed by atoms with Crippen molar-refractivity contribution in [3.8, 4) is 11.3 Å². The summed E-state index contributed by atoms with van der Waals surface area (Å²) < 4.78 is 0. The van der Waals surface area contributed by atoms with E-state index in [4.69, 9.17) is 0 Å². The molecule has 0 saturated carbocycles. The van der Waals surface area contributed by atoms with Gasteiger partial charge in [0.1, 0.15) is 0 Å². The second-order valence-electron chi connectivity index (χ2n) is 4.60. The number of H-pyrrole nitrogens is 1. The highest BCUT2D eigenvalue weighted by Crippen LogP contribution is 2.20. The Hall–Kier alpha value is -1.98. The van der Waals surface area contributed by atoms with Gasteiger partial charge in [0, 0.05) is 24.0 Å². The minimum atomic E-state index is 0.775. The molecule has 102 valence electrons.